The third kappa shape index (κ3) is 4.75. The maximum atomic E-state index is 5.02. The molecule has 1 aliphatic rings. The second kappa shape index (κ2) is 7.22. The SMILES string of the molecule is COCCNCc1csc(N(CC(C)C)C2CC2)n1. The molecule has 1 aromatic heterocycles. The third-order valence-electron chi connectivity index (χ3n) is 3.12. The van der Waals surface area contributed by atoms with Crippen LogP contribution in [0.1, 0.15) is 32.4 Å². The number of hydrogen-bond acceptors (Lipinski definition) is 5. The molecule has 0 saturated heterocycles. The summed E-state index contributed by atoms with van der Waals surface area (Å²) in [7, 11) is 1.72. The number of hydrogen-bond donors (Lipinski definition) is 1. The molecule has 1 heterocycles. The van der Waals surface area contributed by atoms with Gasteiger partial charge in [0.25, 0.3) is 0 Å². The zero-order valence-electron chi connectivity index (χ0n) is 12.2. The minimum atomic E-state index is 0.688. The first kappa shape index (κ1) is 14.8. The predicted molar refractivity (Wildman–Crippen MR) is 80.9 cm³/mol. The third-order valence-corrected chi connectivity index (χ3v) is 4.05. The Hall–Kier alpha value is -0.650. The average Bonchev–Trinajstić information content (AvgIpc) is 3.11. The summed E-state index contributed by atoms with van der Waals surface area (Å²) in [6.45, 7) is 8.13. The minimum Gasteiger partial charge on any atom is -0.383 e. The number of methoxy groups -OCH3 is 1. The first-order valence-electron chi connectivity index (χ1n) is 7.11. The average molecular weight is 283 g/mol. The molecule has 0 aromatic carbocycles. The lowest BCUT2D eigenvalue weighted by Gasteiger charge is -2.23. The minimum absolute atomic E-state index is 0.688. The number of thiazole rings is 1. The normalized spacial score (nSPS) is 15.2. The van der Waals surface area contributed by atoms with Gasteiger partial charge in [0.2, 0.25) is 0 Å². The highest BCUT2D eigenvalue weighted by atomic mass is 32.1. The fourth-order valence-corrected chi connectivity index (χ4v) is 2.97. The summed E-state index contributed by atoms with van der Waals surface area (Å²) in [6.07, 6.45) is 2.65. The molecular formula is C14H25N3OS. The molecule has 1 aromatic rings. The molecule has 0 bridgehead atoms. The van der Waals surface area contributed by atoms with Gasteiger partial charge in [-0.05, 0) is 18.8 Å². The second-order valence-electron chi connectivity index (χ2n) is 5.57. The lowest BCUT2D eigenvalue weighted by atomic mass is 10.2. The van der Waals surface area contributed by atoms with Crippen LogP contribution in [0.15, 0.2) is 5.38 Å². The fourth-order valence-electron chi connectivity index (χ4n) is 2.06. The molecule has 4 nitrogen and oxygen atoms in total. The number of nitrogens with zero attached hydrogens (tertiary/aromatic N) is 2. The highest BCUT2D eigenvalue weighted by molar-refractivity contribution is 7.13. The van der Waals surface area contributed by atoms with E-state index in [0.717, 1.165) is 38.0 Å². The molecule has 0 radical (unpaired) electrons. The summed E-state index contributed by atoms with van der Waals surface area (Å²) in [5.74, 6) is 0.688. The van der Waals surface area contributed by atoms with E-state index in [-0.39, 0.29) is 0 Å². The molecule has 2 rings (SSSR count). The molecule has 0 unspecified atom stereocenters. The molecule has 1 aliphatic carbocycles. The Balaban J connectivity index is 1.87. The van der Waals surface area contributed by atoms with Crippen LogP contribution in [0, 0.1) is 5.92 Å². The molecular weight excluding hydrogens is 258 g/mol. The maximum absolute atomic E-state index is 5.02. The maximum Gasteiger partial charge on any atom is 0.185 e. The summed E-state index contributed by atoms with van der Waals surface area (Å²) in [5.41, 5.74) is 1.14. The van der Waals surface area contributed by atoms with Crippen LogP contribution in [-0.4, -0.2) is 37.8 Å². The fraction of sp³-hybridized carbons (Fsp3) is 0.786. The second-order valence-corrected chi connectivity index (χ2v) is 6.40. The van der Waals surface area contributed by atoms with Gasteiger partial charge in [-0.1, -0.05) is 13.8 Å². The first-order valence-corrected chi connectivity index (χ1v) is 7.99. The van der Waals surface area contributed by atoms with E-state index < -0.39 is 0 Å². The van der Waals surface area contributed by atoms with Gasteiger partial charge in [0.15, 0.2) is 5.13 Å². The Kier molecular flexibility index (Phi) is 5.60. The van der Waals surface area contributed by atoms with E-state index in [9.17, 15) is 0 Å². The lowest BCUT2D eigenvalue weighted by Crippen LogP contribution is -2.29. The van der Waals surface area contributed by atoms with E-state index in [4.69, 9.17) is 9.72 Å². The quantitative estimate of drug-likeness (QED) is 0.707. The topological polar surface area (TPSA) is 37.4 Å². The van der Waals surface area contributed by atoms with Gasteiger partial charge in [-0.2, -0.15) is 0 Å². The summed E-state index contributed by atoms with van der Waals surface area (Å²) < 4.78 is 5.02. The van der Waals surface area contributed by atoms with Crippen LogP contribution < -0.4 is 10.2 Å². The highest BCUT2D eigenvalue weighted by Gasteiger charge is 2.31. The van der Waals surface area contributed by atoms with Crippen LogP contribution in [0.5, 0.6) is 0 Å². The van der Waals surface area contributed by atoms with Gasteiger partial charge >= 0.3 is 0 Å². The van der Waals surface area contributed by atoms with E-state index in [1.54, 1.807) is 18.4 Å². The molecule has 1 saturated carbocycles. The zero-order valence-corrected chi connectivity index (χ0v) is 13.0. The van der Waals surface area contributed by atoms with Gasteiger partial charge in [-0.25, -0.2) is 4.98 Å². The van der Waals surface area contributed by atoms with Crippen LogP contribution in [0.2, 0.25) is 0 Å². The molecule has 0 aliphatic heterocycles. The molecule has 1 N–H and O–H groups in total. The van der Waals surface area contributed by atoms with Gasteiger partial charge in [0.1, 0.15) is 0 Å². The van der Waals surface area contributed by atoms with Crippen molar-refractivity contribution < 1.29 is 4.74 Å². The predicted octanol–water partition coefficient (Wildman–Crippen LogP) is 2.50. The Morgan fingerprint density at radius 3 is 2.95 bits per heavy atom. The Bertz CT molecular complexity index is 377. The van der Waals surface area contributed by atoms with Gasteiger partial charge < -0.3 is 15.0 Å². The smallest absolute Gasteiger partial charge is 0.185 e. The summed E-state index contributed by atoms with van der Waals surface area (Å²) >= 11 is 1.78. The Labute approximate surface area is 120 Å². The van der Waals surface area contributed by atoms with Crippen molar-refractivity contribution in [2.24, 2.45) is 5.92 Å². The standard InChI is InChI=1S/C14H25N3OS/c1-11(2)9-17(13-4-5-13)14-16-12(10-19-14)8-15-6-7-18-3/h10-11,13,15H,4-9H2,1-3H3. The molecule has 19 heavy (non-hydrogen) atoms. The van der Waals surface area contributed by atoms with Crippen LogP contribution in [0.25, 0.3) is 0 Å². The van der Waals surface area contributed by atoms with Crippen LogP contribution in [0.4, 0.5) is 5.13 Å². The molecule has 0 amide bonds. The molecule has 1 fully saturated rings. The van der Waals surface area contributed by atoms with E-state index >= 15 is 0 Å². The van der Waals surface area contributed by atoms with Crippen LogP contribution >= 0.6 is 11.3 Å². The molecule has 0 spiro atoms. The number of nitrogens with one attached hydrogen (secondary N) is 1. The number of aromatic nitrogens is 1. The van der Waals surface area contributed by atoms with E-state index in [1.165, 1.54) is 18.0 Å². The van der Waals surface area contributed by atoms with Crippen LogP contribution in [-0.2, 0) is 11.3 Å². The molecule has 0 atom stereocenters. The van der Waals surface area contributed by atoms with E-state index in [0.29, 0.717) is 5.92 Å². The van der Waals surface area contributed by atoms with Crippen molar-refractivity contribution >= 4 is 16.5 Å². The van der Waals surface area contributed by atoms with Crippen molar-refractivity contribution in [2.75, 3.05) is 31.7 Å². The van der Waals surface area contributed by atoms with Gasteiger partial charge in [0, 0.05) is 38.2 Å². The Morgan fingerprint density at radius 1 is 1.53 bits per heavy atom. The number of rotatable bonds is 9. The number of anilines is 1. The Morgan fingerprint density at radius 2 is 2.32 bits per heavy atom. The monoisotopic (exact) mass is 283 g/mol. The summed E-state index contributed by atoms with van der Waals surface area (Å²) in [6, 6.07) is 0.739. The van der Waals surface area contributed by atoms with Gasteiger partial charge in [-0.15, -0.1) is 11.3 Å². The first-order chi connectivity index (χ1) is 9.20. The zero-order chi connectivity index (χ0) is 13.7. The van der Waals surface area contributed by atoms with Crippen molar-refractivity contribution in [3.63, 3.8) is 0 Å². The summed E-state index contributed by atoms with van der Waals surface area (Å²) in [5, 5.41) is 6.71. The van der Waals surface area contributed by atoms with E-state index in [1.807, 2.05) is 0 Å². The van der Waals surface area contributed by atoms with Gasteiger partial charge in [0.05, 0.1) is 12.3 Å². The highest BCUT2D eigenvalue weighted by Crippen LogP contribution is 2.34. The molecule has 5 heteroatoms. The largest absolute Gasteiger partial charge is 0.383 e. The van der Waals surface area contributed by atoms with Gasteiger partial charge in [-0.3, -0.25) is 0 Å². The van der Waals surface area contributed by atoms with Crippen molar-refractivity contribution in [3.8, 4) is 0 Å². The van der Waals surface area contributed by atoms with E-state index in [2.05, 4.69) is 29.4 Å². The van der Waals surface area contributed by atoms with Crippen molar-refractivity contribution in [1.82, 2.24) is 10.3 Å². The lowest BCUT2D eigenvalue weighted by molar-refractivity contribution is 0.199. The van der Waals surface area contributed by atoms with Crippen molar-refractivity contribution in [3.05, 3.63) is 11.1 Å². The van der Waals surface area contributed by atoms with Crippen molar-refractivity contribution in [2.45, 2.75) is 39.3 Å². The van der Waals surface area contributed by atoms with Crippen LogP contribution in [0.3, 0.4) is 0 Å². The summed E-state index contributed by atoms with van der Waals surface area (Å²) in [4.78, 5) is 7.26. The molecule has 108 valence electrons. The van der Waals surface area contributed by atoms with Crippen molar-refractivity contribution in [1.29, 1.82) is 0 Å². The number of ether oxygens (including phenoxy) is 1.